The molecular weight excluding hydrogens is 392 g/mol. The van der Waals surface area contributed by atoms with Gasteiger partial charge in [0.25, 0.3) is 0 Å². The first-order chi connectivity index (χ1) is 15.0. The minimum atomic E-state index is 0.209. The molecule has 4 rings (SSSR count). The van der Waals surface area contributed by atoms with Crippen molar-refractivity contribution in [2.75, 3.05) is 18.5 Å². The maximum Gasteiger partial charge on any atom is 0.222 e. The fourth-order valence-electron chi connectivity index (χ4n) is 3.61. The van der Waals surface area contributed by atoms with Crippen molar-refractivity contribution >= 4 is 16.7 Å². The summed E-state index contributed by atoms with van der Waals surface area (Å²) in [6.07, 6.45) is 4.20. The smallest absolute Gasteiger partial charge is 0.222 e. The highest BCUT2D eigenvalue weighted by Crippen LogP contribution is 2.34. The lowest BCUT2D eigenvalue weighted by molar-refractivity contribution is 0.328. The molecule has 1 N–H and O–H groups in total. The van der Waals surface area contributed by atoms with E-state index in [9.17, 15) is 0 Å². The van der Waals surface area contributed by atoms with Crippen LogP contribution in [0, 0.1) is 6.92 Å². The van der Waals surface area contributed by atoms with Gasteiger partial charge in [0.05, 0.1) is 29.2 Å². The molecule has 0 spiro atoms. The van der Waals surface area contributed by atoms with Crippen LogP contribution in [0.4, 0.5) is 5.69 Å². The van der Waals surface area contributed by atoms with Crippen molar-refractivity contribution < 1.29 is 4.74 Å². The average Bonchev–Trinajstić information content (AvgIpc) is 3.32. The summed E-state index contributed by atoms with van der Waals surface area (Å²) in [5.74, 6) is 1.51. The highest BCUT2D eigenvalue weighted by atomic mass is 16.5. The maximum atomic E-state index is 5.75. The number of pyridine rings is 2. The van der Waals surface area contributed by atoms with E-state index in [2.05, 4.69) is 40.4 Å². The van der Waals surface area contributed by atoms with Crippen molar-refractivity contribution in [1.29, 1.82) is 0 Å². The Morgan fingerprint density at radius 2 is 2.10 bits per heavy atom. The van der Waals surface area contributed by atoms with Crippen LogP contribution in [0.3, 0.4) is 0 Å². The zero-order valence-corrected chi connectivity index (χ0v) is 18.6. The number of nitrogens with zero attached hydrogens (tertiary/aromatic N) is 7. The molecule has 0 atom stereocenters. The molecule has 0 saturated carbocycles. The summed E-state index contributed by atoms with van der Waals surface area (Å²) in [6.45, 7) is 9.44. The first-order valence-electron chi connectivity index (χ1n) is 10.5. The van der Waals surface area contributed by atoms with Gasteiger partial charge in [-0.1, -0.05) is 0 Å². The Hall–Kier alpha value is -3.49. The first kappa shape index (κ1) is 20.8. The van der Waals surface area contributed by atoms with Gasteiger partial charge in [-0.05, 0) is 45.9 Å². The largest absolute Gasteiger partial charge is 0.477 e. The van der Waals surface area contributed by atoms with E-state index in [-0.39, 0.29) is 6.04 Å². The molecular formula is C22H28N8O. The van der Waals surface area contributed by atoms with Crippen LogP contribution < -0.4 is 10.1 Å². The van der Waals surface area contributed by atoms with Crippen LogP contribution in [0.5, 0.6) is 5.88 Å². The number of hydrogen-bond acceptors (Lipinski definition) is 7. The maximum absolute atomic E-state index is 5.75. The van der Waals surface area contributed by atoms with Gasteiger partial charge in [0.1, 0.15) is 23.2 Å². The van der Waals surface area contributed by atoms with Gasteiger partial charge in [-0.2, -0.15) is 5.10 Å². The van der Waals surface area contributed by atoms with Crippen molar-refractivity contribution in [1.82, 2.24) is 34.5 Å². The summed E-state index contributed by atoms with van der Waals surface area (Å²) in [4.78, 5) is 9.35. The number of aryl methyl sites for hydroxylation is 2. The van der Waals surface area contributed by atoms with E-state index in [4.69, 9.17) is 14.8 Å². The third kappa shape index (κ3) is 4.08. The monoisotopic (exact) mass is 420 g/mol. The van der Waals surface area contributed by atoms with E-state index in [1.165, 1.54) is 0 Å². The van der Waals surface area contributed by atoms with Crippen molar-refractivity contribution in [3.8, 4) is 17.1 Å². The standard InChI is InChI=1S/C22H28N8O/c1-6-31-22-16(8-7-10-24-22)17-12-18(23-11-9-19-27-25-13-29(19)5)21-20(26-17)15(4)28-30(21)14(2)3/h7-8,10,12-14H,6,9,11H2,1-5H3,(H,23,26). The van der Waals surface area contributed by atoms with Crippen molar-refractivity contribution in [2.24, 2.45) is 7.05 Å². The van der Waals surface area contributed by atoms with E-state index in [1.807, 2.05) is 42.3 Å². The summed E-state index contributed by atoms with van der Waals surface area (Å²) < 4.78 is 9.71. The van der Waals surface area contributed by atoms with Gasteiger partial charge >= 0.3 is 0 Å². The number of hydrogen-bond donors (Lipinski definition) is 1. The SMILES string of the molecule is CCOc1ncccc1-c1cc(NCCc2nncn2C)c2c(n1)c(C)nn2C(C)C. The zero-order chi connectivity index (χ0) is 22.0. The van der Waals surface area contributed by atoms with Gasteiger partial charge < -0.3 is 14.6 Å². The van der Waals surface area contributed by atoms with Crippen LogP contribution in [0.25, 0.3) is 22.3 Å². The molecule has 9 heteroatoms. The topological polar surface area (TPSA) is 95.6 Å². The van der Waals surface area contributed by atoms with E-state index in [1.54, 1.807) is 12.5 Å². The van der Waals surface area contributed by atoms with Crippen molar-refractivity contribution in [3.63, 3.8) is 0 Å². The Morgan fingerprint density at radius 3 is 2.81 bits per heavy atom. The Morgan fingerprint density at radius 1 is 1.26 bits per heavy atom. The molecule has 31 heavy (non-hydrogen) atoms. The molecule has 0 radical (unpaired) electrons. The lowest BCUT2D eigenvalue weighted by atomic mass is 10.1. The third-order valence-corrected chi connectivity index (χ3v) is 5.11. The molecule has 0 aliphatic heterocycles. The average molecular weight is 421 g/mol. The molecule has 0 bridgehead atoms. The van der Waals surface area contributed by atoms with Gasteiger partial charge in [0.2, 0.25) is 5.88 Å². The number of ether oxygens (including phenoxy) is 1. The van der Waals surface area contributed by atoms with E-state index in [0.717, 1.165) is 45.9 Å². The summed E-state index contributed by atoms with van der Waals surface area (Å²) in [5.41, 5.74) is 5.40. The molecule has 0 unspecified atom stereocenters. The Kier molecular flexibility index (Phi) is 5.83. The Bertz CT molecular complexity index is 1190. The lowest BCUT2D eigenvalue weighted by Crippen LogP contribution is -2.11. The summed E-state index contributed by atoms with van der Waals surface area (Å²) in [7, 11) is 1.95. The molecule has 0 aliphatic carbocycles. The first-order valence-corrected chi connectivity index (χ1v) is 10.5. The van der Waals surface area contributed by atoms with E-state index in [0.29, 0.717) is 19.0 Å². The van der Waals surface area contributed by atoms with Crippen LogP contribution in [-0.4, -0.2) is 47.7 Å². The Labute approximate surface area is 181 Å². The number of anilines is 1. The second-order valence-electron chi connectivity index (χ2n) is 7.70. The van der Waals surface area contributed by atoms with Gasteiger partial charge in [0, 0.05) is 32.3 Å². The quantitative estimate of drug-likeness (QED) is 0.465. The fourth-order valence-corrected chi connectivity index (χ4v) is 3.61. The van der Waals surface area contributed by atoms with E-state index >= 15 is 0 Å². The number of aromatic nitrogens is 7. The highest BCUT2D eigenvalue weighted by molar-refractivity contribution is 5.93. The Balaban J connectivity index is 1.79. The minimum Gasteiger partial charge on any atom is -0.477 e. The molecule has 0 amide bonds. The number of nitrogens with one attached hydrogen (secondary N) is 1. The van der Waals surface area contributed by atoms with Crippen molar-refractivity contribution in [2.45, 2.75) is 40.2 Å². The molecule has 162 valence electrons. The van der Waals surface area contributed by atoms with Crippen LogP contribution in [0.1, 0.15) is 38.3 Å². The van der Waals surface area contributed by atoms with Crippen LogP contribution in [-0.2, 0) is 13.5 Å². The number of fused-ring (bicyclic) bond motifs is 1. The highest BCUT2D eigenvalue weighted by Gasteiger charge is 2.19. The molecule has 4 heterocycles. The van der Waals surface area contributed by atoms with Gasteiger partial charge in [-0.25, -0.2) is 9.97 Å². The molecule has 0 saturated heterocycles. The second-order valence-corrected chi connectivity index (χ2v) is 7.70. The summed E-state index contributed by atoms with van der Waals surface area (Å²) in [5, 5.41) is 16.5. The van der Waals surface area contributed by atoms with Gasteiger partial charge in [0.15, 0.2) is 0 Å². The van der Waals surface area contributed by atoms with Gasteiger partial charge in [-0.15, -0.1) is 10.2 Å². The molecule has 0 aliphatic rings. The predicted octanol–water partition coefficient (Wildman–Crippen LogP) is 3.56. The summed E-state index contributed by atoms with van der Waals surface area (Å²) >= 11 is 0. The second kappa shape index (κ2) is 8.71. The van der Waals surface area contributed by atoms with Crippen LogP contribution in [0.15, 0.2) is 30.7 Å². The third-order valence-electron chi connectivity index (χ3n) is 5.11. The van der Waals surface area contributed by atoms with Crippen LogP contribution >= 0.6 is 0 Å². The fraction of sp³-hybridized carbons (Fsp3) is 0.409. The molecule has 0 fully saturated rings. The molecule has 9 nitrogen and oxygen atoms in total. The molecule has 4 aromatic heterocycles. The lowest BCUT2D eigenvalue weighted by Gasteiger charge is -2.15. The number of rotatable bonds is 8. The van der Waals surface area contributed by atoms with Crippen molar-refractivity contribution in [3.05, 3.63) is 42.2 Å². The predicted molar refractivity (Wildman–Crippen MR) is 120 cm³/mol. The normalized spacial score (nSPS) is 11.4. The molecule has 0 aromatic carbocycles. The zero-order valence-electron chi connectivity index (χ0n) is 18.6. The summed E-state index contributed by atoms with van der Waals surface area (Å²) in [6, 6.07) is 6.14. The van der Waals surface area contributed by atoms with E-state index < -0.39 is 0 Å². The van der Waals surface area contributed by atoms with Gasteiger partial charge in [-0.3, -0.25) is 4.68 Å². The van der Waals surface area contributed by atoms with Crippen LogP contribution in [0.2, 0.25) is 0 Å². The molecule has 4 aromatic rings. The minimum absolute atomic E-state index is 0.209.